The van der Waals surface area contributed by atoms with Gasteiger partial charge in [-0.05, 0) is 20.3 Å². The van der Waals surface area contributed by atoms with Gasteiger partial charge in [0.15, 0.2) is 0 Å². The number of nitrogens with two attached hydrogens (primary N) is 1. The van der Waals surface area contributed by atoms with Gasteiger partial charge >= 0.3 is 0 Å². The molecule has 5 nitrogen and oxygen atoms in total. The molecule has 0 aliphatic heterocycles. The van der Waals surface area contributed by atoms with Crippen LogP contribution < -0.4 is 16.4 Å². The van der Waals surface area contributed by atoms with Crippen molar-refractivity contribution in [3.05, 3.63) is 0 Å². The Labute approximate surface area is 101 Å². The van der Waals surface area contributed by atoms with E-state index in [1.165, 1.54) is 0 Å². The summed E-state index contributed by atoms with van der Waals surface area (Å²) in [6.45, 7) is 5.79. The van der Waals surface area contributed by atoms with Crippen LogP contribution in [0.1, 0.15) is 27.2 Å². The summed E-state index contributed by atoms with van der Waals surface area (Å²) in [7, 11) is 0. The van der Waals surface area contributed by atoms with Crippen molar-refractivity contribution in [3.63, 3.8) is 0 Å². The van der Waals surface area contributed by atoms with Crippen molar-refractivity contribution >= 4 is 29.0 Å². The molecule has 0 bridgehead atoms. The molecule has 0 aliphatic rings. The predicted molar refractivity (Wildman–Crippen MR) is 66.9 cm³/mol. The minimum atomic E-state index is -0.573. The van der Waals surface area contributed by atoms with Crippen LogP contribution in [0.25, 0.3) is 0 Å². The van der Waals surface area contributed by atoms with Crippen molar-refractivity contribution in [2.24, 2.45) is 11.7 Å². The number of nitrogens with one attached hydrogen (secondary N) is 2. The average molecular weight is 245 g/mol. The van der Waals surface area contributed by atoms with Crippen LogP contribution in [-0.4, -0.2) is 29.4 Å². The van der Waals surface area contributed by atoms with Crippen molar-refractivity contribution in [2.45, 2.75) is 33.2 Å². The quantitative estimate of drug-likeness (QED) is 0.572. The molecule has 6 heteroatoms. The SMILES string of the molecule is CCNC(=O)C(C)NC(=O)C(CC)C(N)=S. The van der Waals surface area contributed by atoms with Gasteiger partial charge in [0, 0.05) is 6.54 Å². The van der Waals surface area contributed by atoms with Crippen LogP contribution in [-0.2, 0) is 9.59 Å². The number of hydrogen-bond donors (Lipinski definition) is 3. The highest BCUT2D eigenvalue weighted by Gasteiger charge is 2.22. The van der Waals surface area contributed by atoms with Gasteiger partial charge in [-0.2, -0.15) is 0 Å². The minimum absolute atomic E-state index is 0.156. The Hall–Kier alpha value is -1.17. The molecule has 0 radical (unpaired) electrons. The van der Waals surface area contributed by atoms with Crippen LogP contribution in [0.4, 0.5) is 0 Å². The number of amides is 2. The molecule has 2 amide bonds. The van der Waals surface area contributed by atoms with Crippen molar-refractivity contribution in [1.82, 2.24) is 10.6 Å². The summed E-state index contributed by atoms with van der Waals surface area (Å²) in [5, 5.41) is 5.20. The smallest absolute Gasteiger partial charge is 0.242 e. The molecule has 2 unspecified atom stereocenters. The monoisotopic (exact) mass is 245 g/mol. The highest BCUT2D eigenvalue weighted by Crippen LogP contribution is 2.03. The Morgan fingerprint density at radius 3 is 2.25 bits per heavy atom. The first-order valence-corrected chi connectivity index (χ1v) is 5.72. The van der Waals surface area contributed by atoms with Gasteiger partial charge in [-0.25, -0.2) is 0 Å². The van der Waals surface area contributed by atoms with E-state index in [0.717, 1.165) is 0 Å². The molecule has 92 valence electrons. The Kier molecular flexibility index (Phi) is 6.64. The summed E-state index contributed by atoms with van der Waals surface area (Å²) in [5.74, 6) is -1.02. The number of hydrogen-bond acceptors (Lipinski definition) is 3. The molecular formula is C10H19N3O2S. The summed E-state index contributed by atoms with van der Waals surface area (Å²) >= 11 is 4.78. The molecule has 0 fully saturated rings. The molecule has 0 saturated carbocycles. The van der Waals surface area contributed by atoms with Gasteiger partial charge < -0.3 is 16.4 Å². The van der Waals surface area contributed by atoms with E-state index >= 15 is 0 Å². The highest BCUT2D eigenvalue weighted by atomic mass is 32.1. The molecule has 0 aliphatic carbocycles. The number of rotatable bonds is 6. The van der Waals surface area contributed by atoms with E-state index in [-0.39, 0.29) is 16.8 Å². The van der Waals surface area contributed by atoms with Crippen LogP contribution in [0.3, 0.4) is 0 Å². The topological polar surface area (TPSA) is 84.2 Å². The first-order chi connectivity index (χ1) is 7.43. The van der Waals surface area contributed by atoms with Crippen molar-refractivity contribution < 1.29 is 9.59 Å². The molecule has 0 rings (SSSR count). The van der Waals surface area contributed by atoms with Crippen molar-refractivity contribution in [3.8, 4) is 0 Å². The summed E-state index contributed by atoms with van der Waals surface area (Å²) in [5.41, 5.74) is 5.43. The molecule has 0 aromatic heterocycles. The maximum atomic E-state index is 11.7. The zero-order valence-corrected chi connectivity index (χ0v) is 10.7. The molecule has 0 spiro atoms. The Morgan fingerprint density at radius 2 is 1.88 bits per heavy atom. The summed E-state index contributed by atoms with van der Waals surface area (Å²) < 4.78 is 0. The fourth-order valence-corrected chi connectivity index (χ4v) is 1.50. The summed E-state index contributed by atoms with van der Waals surface area (Å²) in [6.07, 6.45) is 0.531. The second-order valence-corrected chi connectivity index (χ2v) is 3.96. The molecule has 4 N–H and O–H groups in total. The summed E-state index contributed by atoms with van der Waals surface area (Å²) in [6, 6.07) is -0.573. The second kappa shape index (κ2) is 7.16. The highest BCUT2D eigenvalue weighted by molar-refractivity contribution is 7.80. The van der Waals surface area contributed by atoms with Crippen LogP contribution in [0.5, 0.6) is 0 Å². The fourth-order valence-electron chi connectivity index (χ4n) is 1.22. The first kappa shape index (κ1) is 14.8. The third-order valence-electron chi connectivity index (χ3n) is 2.17. The van der Waals surface area contributed by atoms with E-state index in [1.54, 1.807) is 6.92 Å². The Morgan fingerprint density at radius 1 is 1.31 bits per heavy atom. The standard InChI is InChI=1S/C10H19N3O2S/c1-4-7(8(11)16)10(15)13-6(3)9(14)12-5-2/h6-7H,4-5H2,1-3H3,(H2,11,16)(H,12,14)(H,13,15). The number of likely N-dealkylation sites (N-methyl/N-ethyl adjacent to an activating group) is 1. The number of carbonyl (C=O) groups is 2. The normalized spacial score (nSPS) is 13.7. The minimum Gasteiger partial charge on any atom is -0.393 e. The summed E-state index contributed by atoms with van der Waals surface area (Å²) in [4.78, 5) is 23.2. The third-order valence-corrected chi connectivity index (χ3v) is 2.46. The average Bonchev–Trinajstić information content (AvgIpc) is 2.18. The van der Waals surface area contributed by atoms with Gasteiger partial charge in [0.1, 0.15) is 6.04 Å². The van der Waals surface area contributed by atoms with E-state index in [1.807, 2.05) is 13.8 Å². The van der Waals surface area contributed by atoms with Crippen molar-refractivity contribution in [2.75, 3.05) is 6.54 Å². The maximum absolute atomic E-state index is 11.7. The van der Waals surface area contributed by atoms with Crippen LogP contribution in [0.2, 0.25) is 0 Å². The van der Waals surface area contributed by atoms with E-state index in [9.17, 15) is 9.59 Å². The lowest BCUT2D eigenvalue weighted by Crippen LogP contribution is -2.48. The molecule has 16 heavy (non-hydrogen) atoms. The van der Waals surface area contributed by atoms with Gasteiger partial charge in [-0.15, -0.1) is 0 Å². The van der Waals surface area contributed by atoms with E-state index in [4.69, 9.17) is 18.0 Å². The lowest BCUT2D eigenvalue weighted by Gasteiger charge is -2.17. The second-order valence-electron chi connectivity index (χ2n) is 3.49. The van der Waals surface area contributed by atoms with Gasteiger partial charge in [0.05, 0.1) is 10.9 Å². The van der Waals surface area contributed by atoms with Gasteiger partial charge in [-0.1, -0.05) is 19.1 Å². The lowest BCUT2D eigenvalue weighted by molar-refractivity contribution is -0.129. The zero-order valence-electron chi connectivity index (χ0n) is 9.87. The molecular weight excluding hydrogens is 226 g/mol. The van der Waals surface area contributed by atoms with Crippen LogP contribution in [0, 0.1) is 5.92 Å². The Bertz CT molecular complexity index is 281. The Balaban J connectivity index is 4.32. The molecule has 2 atom stereocenters. The number of thiocarbonyl (C=S) groups is 1. The van der Waals surface area contributed by atoms with Gasteiger partial charge in [0.25, 0.3) is 0 Å². The molecule has 0 saturated heterocycles. The van der Waals surface area contributed by atoms with Gasteiger partial charge in [0.2, 0.25) is 11.8 Å². The van der Waals surface area contributed by atoms with E-state index in [2.05, 4.69) is 10.6 Å². The predicted octanol–water partition coefficient (Wildman–Crippen LogP) is -0.0605. The first-order valence-electron chi connectivity index (χ1n) is 5.31. The fraction of sp³-hybridized carbons (Fsp3) is 0.700. The zero-order chi connectivity index (χ0) is 12.7. The maximum Gasteiger partial charge on any atom is 0.242 e. The van der Waals surface area contributed by atoms with Crippen LogP contribution in [0.15, 0.2) is 0 Å². The molecule has 0 aromatic rings. The number of carbonyl (C=O) groups excluding carboxylic acids is 2. The van der Waals surface area contributed by atoms with Crippen LogP contribution >= 0.6 is 12.2 Å². The molecule has 0 aromatic carbocycles. The largest absolute Gasteiger partial charge is 0.393 e. The van der Waals surface area contributed by atoms with Crippen molar-refractivity contribution in [1.29, 1.82) is 0 Å². The van der Waals surface area contributed by atoms with E-state index < -0.39 is 12.0 Å². The van der Waals surface area contributed by atoms with Gasteiger partial charge in [-0.3, -0.25) is 9.59 Å². The lowest BCUT2D eigenvalue weighted by atomic mass is 10.1. The molecule has 0 heterocycles. The van der Waals surface area contributed by atoms with E-state index in [0.29, 0.717) is 13.0 Å². The third kappa shape index (κ3) is 4.57.